The highest BCUT2D eigenvalue weighted by molar-refractivity contribution is 5.89. The molecular weight excluding hydrogens is 452 g/mol. The molecule has 0 saturated heterocycles. The third kappa shape index (κ3) is 12.5. The molecule has 1 aromatic carbocycles. The zero-order valence-corrected chi connectivity index (χ0v) is 20.2. The second kappa shape index (κ2) is 17.0. The second-order valence-electron chi connectivity index (χ2n) is 8.09. The lowest BCUT2D eigenvalue weighted by Gasteiger charge is -2.21. The molecule has 9 nitrogen and oxygen atoms in total. The summed E-state index contributed by atoms with van der Waals surface area (Å²) < 4.78 is 10.5. The van der Waals surface area contributed by atoms with Crippen LogP contribution in [0.5, 0.6) is 0 Å². The predicted octanol–water partition coefficient (Wildman–Crippen LogP) is 2.19. The highest BCUT2D eigenvalue weighted by atomic mass is 16.6. The normalized spacial score (nSPS) is 13.0. The number of carbonyl (C=O) groups is 4. The molecule has 1 rings (SSSR count). The molecule has 0 aromatic heterocycles. The van der Waals surface area contributed by atoms with Crippen LogP contribution in [0.4, 0.5) is 0 Å². The number of esters is 2. The Kier molecular flexibility index (Phi) is 14.4. The van der Waals surface area contributed by atoms with Crippen molar-refractivity contribution in [2.45, 2.75) is 57.7 Å². The number of benzene rings is 1. The van der Waals surface area contributed by atoms with Crippen LogP contribution in [0.25, 0.3) is 0 Å². The first-order valence-electron chi connectivity index (χ1n) is 11.6. The van der Waals surface area contributed by atoms with E-state index >= 15 is 0 Å². The molecule has 0 radical (unpaired) electrons. The Morgan fingerprint density at radius 2 is 1.77 bits per heavy atom. The van der Waals surface area contributed by atoms with E-state index in [2.05, 4.69) is 23.8 Å². The summed E-state index contributed by atoms with van der Waals surface area (Å²) in [6, 6.07) is 7.29. The van der Waals surface area contributed by atoms with Gasteiger partial charge in [0.2, 0.25) is 11.8 Å². The van der Waals surface area contributed by atoms with Crippen molar-refractivity contribution in [2.24, 2.45) is 5.92 Å². The molecule has 0 unspecified atom stereocenters. The number of carbonyl (C=O) groups excluding carboxylic acids is 4. The fourth-order valence-corrected chi connectivity index (χ4v) is 3.01. The summed E-state index contributed by atoms with van der Waals surface area (Å²) in [7, 11) is 0. The predicted molar refractivity (Wildman–Crippen MR) is 131 cm³/mol. The fraction of sp³-hybridized carbons (Fsp3) is 0.462. The molecule has 0 saturated carbocycles. The zero-order chi connectivity index (χ0) is 26.1. The minimum absolute atomic E-state index is 0.0170. The van der Waals surface area contributed by atoms with E-state index in [0.717, 1.165) is 5.56 Å². The molecule has 0 heterocycles. The molecule has 0 aliphatic carbocycles. The molecule has 0 fully saturated rings. The molecule has 35 heavy (non-hydrogen) atoms. The van der Waals surface area contributed by atoms with E-state index in [4.69, 9.17) is 14.6 Å². The SMILES string of the molecule is C=CCCCC(=O)OC[C@@H](NC(=O)[C@H](CC=C)CC(=O)N[C@@H](C)CO)C(=O)OCc1ccccc1. The highest BCUT2D eigenvalue weighted by Gasteiger charge is 2.29. The summed E-state index contributed by atoms with van der Waals surface area (Å²) in [6.07, 6.45) is 4.54. The Morgan fingerprint density at radius 1 is 1.06 bits per heavy atom. The number of rotatable bonds is 17. The molecule has 0 bridgehead atoms. The summed E-state index contributed by atoms with van der Waals surface area (Å²) >= 11 is 0. The van der Waals surface area contributed by atoms with E-state index in [9.17, 15) is 19.2 Å². The minimum atomic E-state index is -1.25. The molecule has 0 aliphatic heterocycles. The summed E-state index contributed by atoms with van der Waals surface area (Å²) in [5.41, 5.74) is 0.756. The molecule has 3 atom stereocenters. The highest BCUT2D eigenvalue weighted by Crippen LogP contribution is 2.12. The van der Waals surface area contributed by atoms with Crippen LogP contribution in [0.1, 0.15) is 44.6 Å². The van der Waals surface area contributed by atoms with Crippen molar-refractivity contribution in [1.82, 2.24) is 10.6 Å². The molecule has 192 valence electrons. The van der Waals surface area contributed by atoms with Crippen molar-refractivity contribution < 1.29 is 33.8 Å². The second-order valence-corrected chi connectivity index (χ2v) is 8.09. The Hall–Kier alpha value is -3.46. The summed E-state index contributed by atoms with van der Waals surface area (Å²) in [5, 5.41) is 14.2. The van der Waals surface area contributed by atoms with E-state index in [-0.39, 0.29) is 32.5 Å². The third-order valence-corrected chi connectivity index (χ3v) is 4.96. The Bertz CT molecular complexity index is 841. The van der Waals surface area contributed by atoms with Crippen molar-refractivity contribution in [3.8, 4) is 0 Å². The number of unbranched alkanes of at least 4 members (excludes halogenated alkanes) is 1. The van der Waals surface area contributed by atoms with Gasteiger partial charge in [-0.2, -0.15) is 0 Å². The Balaban J connectivity index is 2.84. The lowest BCUT2D eigenvalue weighted by atomic mass is 9.99. The van der Waals surface area contributed by atoms with E-state index in [1.807, 2.05) is 6.07 Å². The van der Waals surface area contributed by atoms with Crippen LogP contribution in [-0.4, -0.2) is 54.2 Å². The number of hydrogen-bond acceptors (Lipinski definition) is 7. The summed E-state index contributed by atoms with van der Waals surface area (Å²) in [4.78, 5) is 49.9. The number of ether oxygens (including phenoxy) is 2. The molecule has 3 N–H and O–H groups in total. The largest absolute Gasteiger partial charge is 0.463 e. The number of nitrogens with one attached hydrogen (secondary N) is 2. The van der Waals surface area contributed by atoms with Crippen LogP contribution >= 0.6 is 0 Å². The van der Waals surface area contributed by atoms with E-state index < -0.39 is 48.4 Å². The van der Waals surface area contributed by atoms with Gasteiger partial charge in [0.1, 0.15) is 13.2 Å². The topological polar surface area (TPSA) is 131 Å². The monoisotopic (exact) mass is 488 g/mol. The van der Waals surface area contributed by atoms with Crippen LogP contribution in [0, 0.1) is 5.92 Å². The molecule has 0 aliphatic rings. The number of aliphatic hydroxyl groups excluding tert-OH is 1. The molecule has 1 aromatic rings. The standard InChI is InChI=1S/C26H36N2O7/c1-4-6-8-14-24(31)34-18-22(26(33)35-17-20-12-9-7-10-13-20)28-25(32)21(11-5-2)15-23(30)27-19(3)16-29/h4-5,7,9-10,12-13,19,21-22,29H,1-2,6,8,11,14-18H2,3H3,(H,27,30)(H,28,32)/t19-,21+,22+/m0/s1. The van der Waals surface area contributed by atoms with E-state index in [1.165, 1.54) is 6.08 Å². The van der Waals surface area contributed by atoms with Gasteiger partial charge in [-0.05, 0) is 31.7 Å². The maximum atomic E-state index is 12.9. The Labute approximate surface area is 206 Å². The first-order chi connectivity index (χ1) is 16.8. The zero-order valence-electron chi connectivity index (χ0n) is 20.2. The third-order valence-electron chi connectivity index (χ3n) is 4.96. The maximum Gasteiger partial charge on any atom is 0.332 e. The van der Waals surface area contributed by atoms with Crippen LogP contribution in [0.2, 0.25) is 0 Å². The van der Waals surface area contributed by atoms with E-state index in [1.54, 1.807) is 37.3 Å². The van der Waals surface area contributed by atoms with Crippen molar-refractivity contribution in [2.75, 3.05) is 13.2 Å². The first kappa shape index (κ1) is 29.6. The summed E-state index contributed by atoms with van der Waals surface area (Å²) in [5.74, 6) is -3.10. The molecule has 2 amide bonds. The lowest BCUT2D eigenvalue weighted by Crippen LogP contribution is -2.48. The van der Waals surface area contributed by atoms with Gasteiger partial charge < -0.3 is 25.2 Å². The van der Waals surface area contributed by atoms with Gasteiger partial charge in [-0.3, -0.25) is 14.4 Å². The van der Waals surface area contributed by atoms with Crippen molar-refractivity contribution in [3.05, 3.63) is 61.2 Å². The van der Waals surface area contributed by atoms with Gasteiger partial charge in [0.05, 0.1) is 12.5 Å². The van der Waals surface area contributed by atoms with Crippen LogP contribution in [0.3, 0.4) is 0 Å². The van der Waals surface area contributed by atoms with Gasteiger partial charge in [0.15, 0.2) is 6.04 Å². The van der Waals surface area contributed by atoms with Crippen LogP contribution in [0.15, 0.2) is 55.6 Å². The summed E-state index contributed by atoms with van der Waals surface area (Å²) in [6.45, 7) is 8.19. The number of allylic oxidation sites excluding steroid dienone is 2. The average molecular weight is 489 g/mol. The van der Waals surface area contributed by atoms with Gasteiger partial charge in [-0.25, -0.2) is 4.79 Å². The smallest absolute Gasteiger partial charge is 0.332 e. The van der Waals surface area contributed by atoms with Gasteiger partial charge in [0, 0.05) is 18.9 Å². The van der Waals surface area contributed by atoms with Crippen molar-refractivity contribution in [3.63, 3.8) is 0 Å². The Morgan fingerprint density at radius 3 is 2.40 bits per heavy atom. The van der Waals surface area contributed by atoms with Gasteiger partial charge >= 0.3 is 11.9 Å². The number of hydrogen-bond donors (Lipinski definition) is 3. The van der Waals surface area contributed by atoms with Gasteiger partial charge in [0.25, 0.3) is 0 Å². The quantitative estimate of drug-likeness (QED) is 0.174. The average Bonchev–Trinajstić information content (AvgIpc) is 2.85. The van der Waals surface area contributed by atoms with Crippen molar-refractivity contribution in [1.29, 1.82) is 0 Å². The van der Waals surface area contributed by atoms with Crippen LogP contribution < -0.4 is 10.6 Å². The molecule has 9 heteroatoms. The molecular formula is C26H36N2O7. The number of aliphatic hydroxyl groups is 1. The minimum Gasteiger partial charge on any atom is -0.463 e. The molecule has 0 spiro atoms. The van der Waals surface area contributed by atoms with Crippen molar-refractivity contribution >= 4 is 23.8 Å². The van der Waals surface area contributed by atoms with Gasteiger partial charge in [-0.1, -0.05) is 42.5 Å². The first-order valence-corrected chi connectivity index (χ1v) is 11.6. The van der Waals surface area contributed by atoms with E-state index in [0.29, 0.717) is 12.8 Å². The maximum absolute atomic E-state index is 12.9. The fourth-order valence-electron chi connectivity index (χ4n) is 3.01. The van der Waals surface area contributed by atoms with Gasteiger partial charge in [-0.15, -0.1) is 13.2 Å². The lowest BCUT2D eigenvalue weighted by molar-refractivity contribution is -0.155. The number of amides is 2. The van der Waals surface area contributed by atoms with Crippen LogP contribution in [-0.2, 0) is 35.3 Å².